The minimum absolute atomic E-state index is 0. The van der Waals surface area contributed by atoms with Crippen LogP contribution < -0.4 is 11.5 Å². The minimum atomic E-state index is -0.833. The molecule has 0 aromatic rings. The molecule has 6 N–H and O–H groups in total. The molecule has 0 bridgehead atoms. The van der Waals surface area contributed by atoms with Crippen LogP contribution in [0.5, 0.6) is 0 Å². The van der Waals surface area contributed by atoms with Crippen molar-refractivity contribution in [3.8, 4) is 0 Å². The van der Waals surface area contributed by atoms with Crippen molar-refractivity contribution in [3.05, 3.63) is 0 Å². The van der Waals surface area contributed by atoms with Crippen LogP contribution in [0.4, 0.5) is 4.79 Å². The number of nitrogens with two attached hydrogens (primary N) is 2. The van der Waals surface area contributed by atoms with Gasteiger partial charge in [0, 0.05) is 6.42 Å². The number of amides is 2. The zero-order chi connectivity index (χ0) is 22.2. The Morgan fingerprint density at radius 2 is 1.00 bits per heavy atom. The van der Waals surface area contributed by atoms with Crippen LogP contribution in [-0.2, 0) is 9.53 Å². The third-order valence-electron chi connectivity index (χ3n) is 4.69. The third-order valence-corrected chi connectivity index (χ3v) is 4.69. The van der Waals surface area contributed by atoms with Crippen molar-refractivity contribution >= 4 is 63.4 Å². The summed E-state index contributed by atoms with van der Waals surface area (Å²) in [7, 11) is 0. The van der Waals surface area contributed by atoms with E-state index >= 15 is 0 Å². The second-order valence-electron chi connectivity index (χ2n) is 7.58. The Bertz CT molecular complexity index is 365. The molecule has 0 aliphatic heterocycles. The van der Waals surface area contributed by atoms with Crippen molar-refractivity contribution in [1.82, 2.24) is 0 Å². The van der Waals surface area contributed by atoms with Gasteiger partial charge in [-0.05, 0) is 6.42 Å². The van der Waals surface area contributed by atoms with Crippen LogP contribution in [0, 0.1) is 0 Å². The second-order valence-corrected chi connectivity index (χ2v) is 7.58. The van der Waals surface area contributed by atoms with Gasteiger partial charge in [-0.3, -0.25) is 4.79 Å². The molecule has 0 aromatic heterocycles. The van der Waals surface area contributed by atoms with E-state index in [1.54, 1.807) is 0 Å². The summed E-state index contributed by atoms with van der Waals surface area (Å²) < 4.78 is 4.93. The van der Waals surface area contributed by atoms with E-state index in [2.05, 4.69) is 18.4 Å². The van der Waals surface area contributed by atoms with E-state index in [0.29, 0.717) is 6.42 Å². The molecule has 0 heterocycles. The van der Waals surface area contributed by atoms with E-state index in [-0.39, 0.29) is 70.6 Å². The van der Waals surface area contributed by atoms with Gasteiger partial charge in [-0.2, -0.15) is 0 Å². The normalized spacial score (nSPS) is 10.1. The number of rotatable bonds is 19. The Balaban J connectivity index is -0.00000133. The number of urea groups is 1. The Morgan fingerprint density at radius 1 is 0.700 bits per heavy atom. The van der Waals surface area contributed by atoms with Crippen LogP contribution in [0.2, 0.25) is 0 Å². The first-order chi connectivity index (χ1) is 14.0. The van der Waals surface area contributed by atoms with Crippen LogP contribution in [0.3, 0.4) is 0 Å². The number of ether oxygens (including phenoxy) is 1. The molecule has 176 valence electrons. The van der Waals surface area contributed by atoms with E-state index in [4.69, 9.17) is 19.7 Å². The summed E-state index contributed by atoms with van der Waals surface area (Å²) in [5.74, 6) is -0.317. The predicted molar refractivity (Wildman–Crippen MR) is 125 cm³/mol. The monoisotopic (exact) mass is 458 g/mol. The van der Waals surface area contributed by atoms with E-state index < -0.39 is 12.1 Å². The fraction of sp³-hybridized carbons (Fsp3) is 0.909. The number of esters is 1. The fourth-order valence-electron chi connectivity index (χ4n) is 3.02. The van der Waals surface area contributed by atoms with Crippen molar-refractivity contribution in [2.75, 3.05) is 13.2 Å². The van der Waals surface area contributed by atoms with Gasteiger partial charge in [-0.15, -0.1) is 0 Å². The van der Waals surface area contributed by atoms with Gasteiger partial charge < -0.3 is 26.4 Å². The summed E-state index contributed by atoms with van der Waals surface area (Å²) >= 11 is 0. The first-order valence-electron chi connectivity index (χ1n) is 11.4. The molecule has 0 spiro atoms. The summed E-state index contributed by atoms with van der Waals surface area (Å²) in [5, 5.41) is 17.7. The molecule has 0 rings (SSSR count). The molecule has 0 aliphatic carbocycles. The van der Waals surface area contributed by atoms with Gasteiger partial charge >= 0.3 is 63.4 Å². The third kappa shape index (κ3) is 32.9. The second kappa shape index (κ2) is 29.3. The van der Waals surface area contributed by atoms with E-state index in [1.165, 1.54) is 83.5 Å². The van der Waals surface area contributed by atoms with Crippen molar-refractivity contribution in [3.63, 3.8) is 0 Å². The number of primary amides is 2. The Hall–Kier alpha value is 0.296. The summed E-state index contributed by atoms with van der Waals surface area (Å²) in [5.41, 5.74) is 8.50. The number of carbonyl (C=O) groups excluding carboxylic acids is 2. The molecule has 0 unspecified atom stereocenters. The van der Waals surface area contributed by atoms with Crippen LogP contribution in [-0.4, -0.2) is 92.9 Å². The molecule has 0 aromatic carbocycles. The van der Waals surface area contributed by atoms with Crippen molar-refractivity contribution < 1.29 is 24.5 Å². The SMILES string of the molecule is CCCCCCCCCCCCCCCCCC(=O)OC(CO)CO.NC(N)=O.[KH]. The summed E-state index contributed by atoms with van der Waals surface area (Å²) in [6, 6.07) is -0.833. The molecular weight excluding hydrogens is 411 g/mol. The Kier molecular flexibility index (Phi) is 34.1. The van der Waals surface area contributed by atoms with E-state index in [9.17, 15) is 4.79 Å². The number of hydrogen-bond acceptors (Lipinski definition) is 5. The standard InChI is InChI=1S/C21H42O4.CH4N2O.K.H/c1-2-3-4-5-6-7-8-9-10-11-12-13-14-15-16-17-21(24)25-20(18-22)19-23;2-1(3)4;;/h20,22-23H,2-19H2,1H3;(H4,2,3,4);;. The van der Waals surface area contributed by atoms with Crippen molar-refractivity contribution in [2.24, 2.45) is 11.5 Å². The molecule has 0 fully saturated rings. The van der Waals surface area contributed by atoms with Gasteiger partial charge in [0.25, 0.3) is 0 Å². The average Bonchev–Trinajstić information content (AvgIpc) is 2.68. The van der Waals surface area contributed by atoms with Crippen LogP contribution >= 0.6 is 0 Å². The summed E-state index contributed by atoms with van der Waals surface area (Å²) in [6.45, 7) is 1.63. The number of unbranched alkanes of at least 4 members (excludes halogenated alkanes) is 14. The summed E-state index contributed by atoms with van der Waals surface area (Å²) in [6.07, 6.45) is 19.1. The average molecular weight is 459 g/mol. The maximum absolute atomic E-state index is 11.5. The van der Waals surface area contributed by atoms with Gasteiger partial charge in [0.2, 0.25) is 0 Å². The van der Waals surface area contributed by atoms with E-state index in [0.717, 1.165) is 12.8 Å². The molecular formula is C22H47KN2O5. The molecule has 0 saturated carbocycles. The molecule has 8 heteroatoms. The van der Waals surface area contributed by atoms with Crippen LogP contribution in [0.1, 0.15) is 110 Å². The predicted octanol–water partition coefficient (Wildman–Crippen LogP) is 3.52. The zero-order valence-corrected chi connectivity index (χ0v) is 18.6. The van der Waals surface area contributed by atoms with Gasteiger partial charge in [0.15, 0.2) is 0 Å². The topological polar surface area (TPSA) is 136 Å². The van der Waals surface area contributed by atoms with Gasteiger partial charge in [-0.25, -0.2) is 4.79 Å². The summed E-state index contributed by atoms with van der Waals surface area (Å²) in [4.78, 5) is 20.5. The molecule has 0 atom stereocenters. The molecule has 0 radical (unpaired) electrons. The first kappa shape index (κ1) is 34.9. The Labute approximate surface area is 226 Å². The molecule has 0 saturated heterocycles. The van der Waals surface area contributed by atoms with Gasteiger partial charge in [0.05, 0.1) is 13.2 Å². The van der Waals surface area contributed by atoms with Crippen molar-refractivity contribution in [2.45, 2.75) is 116 Å². The molecule has 30 heavy (non-hydrogen) atoms. The first-order valence-corrected chi connectivity index (χ1v) is 11.4. The molecule has 0 aliphatic rings. The van der Waals surface area contributed by atoms with Gasteiger partial charge in [0.1, 0.15) is 6.10 Å². The van der Waals surface area contributed by atoms with Crippen LogP contribution in [0.25, 0.3) is 0 Å². The van der Waals surface area contributed by atoms with Gasteiger partial charge in [-0.1, -0.05) is 96.8 Å². The maximum atomic E-state index is 11.5. The van der Waals surface area contributed by atoms with E-state index in [1.807, 2.05) is 0 Å². The zero-order valence-electron chi connectivity index (χ0n) is 18.6. The number of hydrogen-bond donors (Lipinski definition) is 4. The number of aliphatic hydroxyl groups is 2. The number of aliphatic hydroxyl groups excluding tert-OH is 2. The molecule has 2 amide bonds. The fourth-order valence-corrected chi connectivity index (χ4v) is 3.02. The van der Waals surface area contributed by atoms with Crippen LogP contribution in [0.15, 0.2) is 0 Å². The quantitative estimate of drug-likeness (QED) is 0.133. The number of carbonyl (C=O) groups is 2. The molecule has 7 nitrogen and oxygen atoms in total. The van der Waals surface area contributed by atoms with Crippen molar-refractivity contribution in [1.29, 1.82) is 0 Å². The Morgan fingerprint density at radius 3 is 1.30 bits per heavy atom.